The second-order valence-electron chi connectivity index (χ2n) is 4.48. The van der Waals surface area contributed by atoms with E-state index in [0.717, 1.165) is 17.7 Å². The van der Waals surface area contributed by atoms with E-state index < -0.39 is 18.1 Å². The van der Waals surface area contributed by atoms with Crippen molar-refractivity contribution in [1.82, 2.24) is 15.8 Å². The number of halogens is 1. The summed E-state index contributed by atoms with van der Waals surface area (Å²) in [4.78, 5) is 26.8. The fraction of sp³-hybridized carbons (Fsp3) is 0.214. The first kappa shape index (κ1) is 17.2. The molecule has 122 valence electrons. The molecule has 1 heterocycles. The lowest BCUT2D eigenvalue weighted by atomic mass is 10.2. The lowest BCUT2D eigenvalue weighted by Crippen LogP contribution is -2.46. The first-order valence-corrected chi connectivity index (χ1v) is 7.77. The zero-order chi connectivity index (χ0) is 16.8. The van der Waals surface area contributed by atoms with Crippen LogP contribution in [0.1, 0.15) is 5.69 Å². The summed E-state index contributed by atoms with van der Waals surface area (Å²) in [5, 5.41) is 13.0. The number of thiazole rings is 1. The minimum Gasteiger partial charge on any atom is -0.452 e. The van der Waals surface area contributed by atoms with E-state index in [9.17, 15) is 14.7 Å². The Labute approximate surface area is 141 Å². The maximum atomic E-state index is 11.6. The summed E-state index contributed by atoms with van der Waals surface area (Å²) in [6.07, 6.45) is -2.14. The summed E-state index contributed by atoms with van der Waals surface area (Å²) < 4.78 is 4.29. The number of rotatable bonds is 4. The van der Waals surface area contributed by atoms with Crippen LogP contribution in [0.5, 0.6) is 0 Å². The highest BCUT2D eigenvalue weighted by atomic mass is 35.5. The molecule has 0 aliphatic heterocycles. The predicted molar refractivity (Wildman–Crippen MR) is 86.0 cm³/mol. The maximum Gasteiger partial charge on any atom is 0.425 e. The summed E-state index contributed by atoms with van der Waals surface area (Å²) in [5.41, 5.74) is 5.50. The molecule has 0 unspecified atom stereocenters. The maximum absolute atomic E-state index is 11.6. The van der Waals surface area contributed by atoms with Gasteiger partial charge in [0, 0.05) is 22.4 Å². The Balaban J connectivity index is 1.94. The molecule has 1 atom stereocenters. The number of carbonyl (C=O) groups is 2. The zero-order valence-electron chi connectivity index (χ0n) is 12.1. The molecule has 23 heavy (non-hydrogen) atoms. The molecular weight excluding hydrogens is 342 g/mol. The van der Waals surface area contributed by atoms with Crippen LogP contribution in [0.3, 0.4) is 0 Å². The molecule has 0 spiro atoms. The lowest BCUT2D eigenvalue weighted by molar-refractivity contribution is -0.130. The molecule has 0 aliphatic carbocycles. The number of aromatic nitrogens is 1. The van der Waals surface area contributed by atoms with Gasteiger partial charge in [-0.15, -0.1) is 11.3 Å². The Morgan fingerprint density at radius 1 is 1.35 bits per heavy atom. The van der Waals surface area contributed by atoms with Gasteiger partial charge < -0.3 is 9.84 Å². The van der Waals surface area contributed by atoms with Crippen molar-refractivity contribution in [3.63, 3.8) is 0 Å². The van der Waals surface area contributed by atoms with Crippen LogP contribution < -0.4 is 10.9 Å². The van der Waals surface area contributed by atoms with Crippen molar-refractivity contribution in [3.05, 3.63) is 40.4 Å². The number of benzene rings is 1. The number of carbonyl (C=O) groups excluding carboxylic acids is 2. The number of aliphatic hydroxyl groups excluding tert-OH is 1. The average molecular weight is 356 g/mol. The van der Waals surface area contributed by atoms with E-state index in [-0.39, 0.29) is 6.42 Å². The lowest BCUT2D eigenvalue weighted by Gasteiger charge is -2.10. The van der Waals surface area contributed by atoms with Crippen LogP contribution in [0.15, 0.2) is 29.6 Å². The van der Waals surface area contributed by atoms with Crippen LogP contribution in [-0.4, -0.2) is 35.3 Å². The number of nitrogens with one attached hydrogen (secondary N) is 2. The Morgan fingerprint density at radius 3 is 2.70 bits per heavy atom. The van der Waals surface area contributed by atoms with Gasteiger partial charge in [0.05, 0.1) is 12.8 Å². The number of hydrazine groups is 1. The number of amides is 2. The van der Waals surface area contributed by atoms with Crippen LogP contribution in [0.2, 0.25) is 5.02 Å². The molecule has 0 radical (unpaired) electrons. The standard InChI is InChI=1S/C14H14ClN3O4S/c1-22-14(21)18-17-12(20)11(19)6-10-7-23-13(16-10)8-2-4-9(15)5-3-8/h2-5,7,11,19H,6H2,1H3,(H,17,20)(H,18,21)/t11-/m0/s1. The fourth-order valence-electron chi connectivity index (χ4n) is 1.66. The van der Waals surface area contributed by atoms with E-state index in [4.69, 9.17) is 11.6 Å². The van der Waals surface area contributed by atoms with Gasteiger partial charge in [-0.2, -0.15) is 0 Å². The third-order valence-corrected chi connectivity index (χ3v) is 4.01. The van der Waals surface area contributed by atoms with Crippen LogP contribution in [0.25, 0.3) is 10.6 Å². The SMILES string of the molecule is COC(=O)NNC(=O)[C@@H](O)Cc1csc(-c2ccc(Cl)cc2)n1. The number of nitrogens with zero attached hydrogens (tertiary/aromatic N) is 1. The number of ether oxygens (including phenoxy) is 1. The normalized spacial score (nSPS) is 11.6. The molecule has 1 aromatic carbocycles. The van der Waals surface area contributed by atoms with Gasteiger partial charge in [0.2, 0.25) is 0 Å². The average Bonchev–Trinajstić information content (AvgIpc) is 3.01. The first-order valence-electron chi connectivity index (χ1n) is 6.52. The van der Waals surface area contributed by atoms with E-state index in [1.54, 1.807) is 17.5 Å². The molecule has 0 saturated heterocycles. The van der Waals surface area contributed by atoms with Crippen molar-refractivity contribution in [1.29, 1.82) is 0 Å². The number of aliphatic hydroxyl groups is 1. The van der Waals surface area contributed by atoms with Crippen molar-refractivity contribution in [2.45, 2.75) is 12.5 Å². The number of hydrogen-bond acceptors (Lipinski definition) is 6. The van der Waals surface area contributed by atoms with Crippen molar-refractivity contribution in [2.75, 3.05) is 7.11 Å². The summed E-state index contributed by atoms with van der Waals surface area (Å²) >= 11 is 7.23. The van der Waals surface area contributed by atoms with Gasteiger partial charge in [0.15, 0.2) is 0 Å². The molecule has 2 aromatic rings. The van der Waals surface area contributed by atoms with Crippen molar-refractivity contribution >= 4 is 34.9 Å². The van der Waals surface area contributed by atoms with Crippen molar-refractivity contribution in [3.8, 4) is 10.6 Å². The monoisotopic (exact) mass is 355 g/mol. The minimum atomic E-state index is -1.34. The Bertz CT molecular complexity index is 690. The van der Waals surface area contributed by atoms with Gasteiger partial charge in [-0.1, -0.05) is 23.7 Å². The minimum absolute atomic E-state index is 0.0266. The van der Waals surface area contributed by atoms with Crippen LogP contribution in [-0.2, 0) is 16.0 Å². The summed E-state index contributed by atoms with van der Waals surface area (Å²) in [6, 6.07) is 7.21. The van der Waals surface area contributed by atoms with Gasteiger partial charge in [-0.3, -0.25) is 10.2 Å². The van der Waals surface area contributed by atoms with Gasteiger partial charge in [-0.05, 0) is 12.1 Å². The first-order chi connectivity index (χ1) is 11.0. The molecule has 7 nitrogen and oxygen atoms in total. The highest BCUT2D eigenvalue weighted by molar-refractivity contribution is 7.13. The molecule has 0 aliphatic rings. The van der Waals surface area contributed by atoms with E-state index in [2.05, 4.69) is 9.72 Å². The fourth-order valence-corrected chi connectivity index (χ4v) is 2.63. The second-order valence-corrected chi connectivity index (χ2v) is 5.77. The van der Waals surface area contributed by atoms with Crippen LogP contribution in [0, 0.1) is 0 Å². The van der Waals surface area contributed by atoms with Crippen LogP contribution in [0.4, 0.5) is 4.79 Å². The third-order valence-electron chi connectivity index (χ3n) is 2.82. The van der Waals surface area contributed by atoms with E-state index in [1.807, 2.05) is 23.0 Å². The van der Waals surface area contributed by atoms with Crippen molar-refractivity contribution < 1.29 is 19.4 Å². The summed E-state index contributed by atoms with van der Waals surface area (Å²) in [5.74, 6) is -0.753. The Morgan fingerprint density at radius 2 is 2.04 bits per heavy atom. The number of hydrogen-bond donors (Lipinski definition) is 3. The van der Waals surface area contributed by atoms with E-state index in [1.165, 1.54) is 11.3 Å². The van der Waals surface area contributed by atoms with Gasteiger partial charge in [-0.25, -0.2) is 15.2 Å². The molecule has 0 fully saturated rings. The van der Waals surface area contributed by atoms with E-state index in [0.29, 0.717) is 10.7 Å². The highest BCUT2D eigenvalue weighted by Gasteiger charge is 2.18. The molecule has 3 N–H and O–H groups in total. The van der Waals surface area contributed by atoms with Crippen LogP contribution >= 0.6 is 22.9 Å². The molecule has 1 aromatic heterocycles. The smallest absolute Gasteiger partial charge is 0.425 e. The van der Waals surface area contributed by atoms with E-state index >= 15 is 0 Å². The highest BCUT2D eigenvalue weighted by Crippen LogP contribution is 2.25. The van der Waals surface area contributed by atoms with Gasteiger partial charge in [0.25, 0.3) is 5.91 Å². The van der Waals surface area contributed by atoms with Gasteiger partial charge >= 0.3 is 6.09 Å². The second kappa shape index (κ2) is 7.91. The molecule has 9 heteroatoms. The molecule has 2 rings (SSSR count). The van der Waals surface area contributed by atoms with Crippen molar-refractivity contribution in [2.24, 2.45) is 0 Å². The Hall–Kier alpha value is -2.16. The number of methoxy groups -OCH3 is 1. The quantitative estimate of drug-likeness (QED) is 0.725. The molecule has 0 saturated carbocycles. The summed E-state index contributed by atoms with van der Waals surface area (Å²) in [6.45, 7) is 0. The molecule has 2 amide bonds. The Kier molecular flexibility index (Phi) is 5.91. The summed E-state index contributed by atoms with van der Waals surface area (Å²) in [7, 11) is 1.16. The molecule has 0 bridgehead atoms. The molecular formula is C14H14ClN3O4S. The largest absolute Gasteiger partial charge is 0.452 e. The third kappa shape index (κ3) is 4.92. The zero-order valence-corrected chi connectivity index (χ0v) is 13.6. The topological polar surface area (TPSA) is 101 Å². The van der Waals surface area contributed by atoms with Gasteiger partial charge in [0.1, 0.15) is 11.1 Å². The predicted octanol–water partition coefficient (Wildman–Crippen LogP) is 1.75.